The van der Waals surface area contributed by atoms with Crippen molar-refractivity contribution in [2.75, 3.05) is 7.11 Å². The molecule has 0 radical (unpaired) electrons. The number of nitrogens with zero attached hydrogens (tertiary/aromatic N) is 1. The van der Waals surface area contributed by atoms with Gasteiger partial charge in [-0.15, -0.1) is 0 Å². The van der Waals surface area contributed by atoms with Crippen molar-refractivity contribution in [2.45, 2.75) is 19.4 Å². The summed E-state index contributed by atoms with van der Waals surface area (Å²) in [5.41, 5.74) is 7.87. The van der Waals surface area contributed by atoms with Crippen LogP contribution in [0, 0.1) is 18.3 Å². The molecule has 0 saturated heterocycles. The Morgan fingerprint density at radius 2 is 2.29 bits per heavy atom. The molecular formula is C11H14N2O. The lowest BCUT2D eigenvalue weighted by Gasteiger charge is -2.15. The molecule has 1 atom stereocenters. The Morgan fingerprint density at radius 3 is 2.86 bits per heavy atom. The second kappa shape index (κ2) is 4.64. The van der Waals surface area contributed by atoms with Gasteiger partial charge < -0.3 is 10.5 Å². The third kappa shape index (κ3) is 2.04. The Kier molecular flexibility index (Phi) is 3.49. The number of benzene rings is 1. The molecule has 1 aromatic carbocycles. The lowest BCUT2D eigenvalue weighted by atomic mass is 9.99. The van der Waals surface area contributed by atoms with E-state index in [0.717, 1.165) is 16.9 Å². The van der Waals surface area contributed by atoms with Crippen molar-refractivity contribution in [1.29, 1.82) is 5.26 Å². The molecule has 1 aromatic rings. The van der Waals surface area contributed by atoms with E-state index in [1.807, 2.05) is 25.1 Å². The highest BCUT2D eigenvalue weighted by molar-refractivity contribution is 5.42. The van der Waals surface area contributed by atoms with Gasteiger partial charge in [-0.25, -0.2) is 0 Å². The van der Waals surface area contributed by atoms with Crippen LogP contribution in [-0.2, 0) is 0 Å². The molecule has 0 aliphatic rings. The molecule has 0 amide bonds. The lowest BCUT2D eigenvalue weighted by molar-refractivity contribution is 0.405. The van der Waals surface area contributed by atoms with Crippen LogP contribution in [0.4, 0.5) is 0 Å². The highest BCUT2D eigenvalue weighted by Gasteiger charge is 2.13. The first kappa shape index (κ1) is 10.6. The van der Waals surface area contributed by atoms with Gasteiger partial charge >= 0.3 is 0 Å². The molecule has 0 heterocycles. The van der Waals surface area contributed by atoms with Crippen LogP contribution in [0.15, 0.2) is 18.2 Å². The van der Waals surface area contributed by atoms with E-state index in [-0.39, 0.29) is 6.04 Å². The fourth-order valence-corrected chi connectivity index (χ4v) is 1.51. The molecule has 0 bridgehead atoms. The molecule has 3 nitrogen and oxygen atoms in total. The topological polar surface area (TPSA) is 59.0 Å². The van der Waals surface area contributed by atoms with Crippen LogP contribution in [0.1, 0.15) is 23.6 Å². The van der Waals surface area contributed by atoms with Gasteiger partial charge in [0.1, 0.15) is 5.75 Å². The first-order chi connectivity index (χ1) is 6.70. The number of nitriles is 1. The van der Waals surface area contributed by atoms with Crippen LogP contribution in [0.2, 0.25) is 0 Å². The van der Waals surface area contributed by atoms with E-state index in [0.29, 0.717) is 6.42 Å². The van der Waals surface area contributed by atoms with Crippen molar-refractivity contribution < 1.29 is 4.74 Å². The van der Waals surface area contributed by atoms with E-state index in [4.69, 9.17) is 15.7 Å². The molecule has 0 spiro atoms. The summed E-state index contributed by atoms with van der Waals surface area (Å²) in [6.07, 6.45) is 0.307. The van der Waals surface area contributed by atoms with Gasteiger partial charge in [0, 0.05) is 11.6 Å². The van der Waals surface area contributed by atoms with Gasteiger partial charge in [-0.3, -0.25) is 0 Å². The van der Waals surface area contributed by atoms with Crippen molar-refractivity contribution >= 4 is 0 Å². The highest BCUT2D eigenvalue weighted by Crippen LogP contribution is 2.28. The minimum absolute atomic E-state index is 0.267. The predicted octanol–water partition coefficient (Wildman–Crippen LogP) is 1.92. The smallest absolute Gasteiger partial charge is 0.123 e. The van der Waals surface area contributed by atoms with Crippen molar-refractivity contribution in [2.24, 2.45) is 5.73 Å². The van der Waals surface area contributed by atoms with Crippen LogP contribution >= 0.6 is 0 Å². The summed E-state index contributed by atoms with van der Waals surface area (Å²) in [6.45, 7) is 1.97. The molecular weight excluding hydrogens is 176 g/mol. The second-order valence-electron chi connectivity index (χ2n) is 3.16. The van der Waals surface area contributed by atoms with Gasteiger partial charge in [0.15, 0.2) is 0 Å². The maximum Gasteiger partial charge on any atom is 0.123 e. The van der Waals surface area contributed by atoms with E-state index in [2.05, 4.69) is 6.07 Å². The molecule has 3 heteroatoms. The van der Waals surface area contributed by atoms with Gasteiger partial charge in [0.2, 0.25) is 0 Å². The quantitative estimate of drug-likeness (QED) is 0.792. The normalized spacial score (nSPS) is 11.9. The SMILES string of the molecule is COc1cccc(C)c1C(N)CC#N. The van der Waals surface area contributed by atoms with E-state index >= 15 is 0 Å². The Hall–Kier alpha value is -1.53. The molecule has 0 fully saturated rings. The molecule has 0 saturated carbocycles. The van der Waals surface area contributed by atoms with Crippen LogP contribution in [0.25, 0.3) is 0 Å². The second-order valence-corrected chi connectivity index (χ2v) is 3.16. The summed E-state index contributed by atoms with van der Waals surface area (Å²) in [7, 11) is 1.61. The van der Waals surface area contributed by atoms with Crippen LogP contribution in [0.3, 0.4) is 0 Å². The van der Waals surface area contributed by atoms with E-state index < -0.39 is 0 Å². The number of rotatable bonds is 3. The minimum atomic E-state index is -0.267. The Balaban J connectivity index is 3.11. The molecule has 74 valence electrons. The van der Waals surface area contributed by atoms with E-state index in [1.54, 1.807) is 7.11 Å². The zero-order valence-electron chi connectivity index (χ0n) is 8.45. The number of ether oxygens (including phenoxy) is 1. The van der Waals surface area contributed by atoms with E-state index in [9.17, 15) is 0 Å². The summed E-state index contributed by atoms with van der Waals surface area (Å²) < 4.78 is 5.20. The summed E-state index contributed by atoms with van der Waals surface area (Å²) in [6, 6.07) is 7.54. The largest absolute Gasteiger partial charge is 0.496 e. The van der Waals surface area contributed by atoms with Gasteiger partial charge in [-0.1, -0.05) is 12.1 Å². The van der Waals surface area contributed by atoms with Gasteiger partial charge in [0.05, 0.1) is 19.6 Å². The molecule has 1 unspecified atom stereocenters. The lowest BCUT2D eigenvalue weighted by Crippen LogP contribution is -2.12. The fourth-order valence-electron chi connectivity index (χ4n) is 1.51. The molecule has 14 heavy (non-hydrogen) atoms. The van der Waals surface area contributed by atoms with Gasteiger partial charge in [-0.05, 0) is 18.6 Å². The number of aryl methyl sites for hydroxylation is 1. The first-order valence-electron chi connectivity index (χ1n) is 4.46. The van der Waals surface area contributed by atoms with Crippen LogP contribution < -0.4 is 10.5 Å². The molecule has 0 aliphatic heterocycles. The first-order valence-corrected chi connectivity index (χ1v) is 4.46. The fraction of sp³-hybridized carbons (Fsp3) is 0.364. The van der Waals surface area contributed by atoms with Crippen LogP contribution in [-0.4, -0.2) is 7.11 Å². The number of methoxy groups -OCH3 is 1. The summed E-state index contributed by atoms with van der Waals surface area (Å²) in [4.78, 5) is 0. The Labute approximate surface area is 84.1 Å². The zero-order chi connectivity index (χ0) is 10.6. The third-order valence-corrected chi connectivity index (χ3v) is 2.19. The summed E-state index contributed by atoms with van der Waals surface area (Å²) in [5, 5.41) is 8.58. The van der Waals surface area contributed by atoms with Gasteiger partial charge in [-0.2, -0.15) is 5.26 Å². The average Bonchev–Trinajstić information content (AvgIpc) is 2.17. The third-order valence-electron chi connectivity index (χ3n) is 2.19. The summed E-state index contributed by atoms with van der Waals surface area (Å²) in [5.74, 6) is 0.757. The zero-order valence-corrected chi connectivity index (χ0v) is 8.45. The average molecular weight is 190 g/mol. The Bertz CT molecular complexity index is 355. The van der Waals surface area contributed by atoms with Crippen molar-refractivity contribution in [3.05, 3.63) is 29.3 Å². The minimum Gasteiger partial charge on any atom is -0.496 e. The monoisotopic (exact) mass is 190 g/mol. The number of hydrogen-bond acceptors (Lipinski definition) is 3. The maximum absolute atomic E-state index is 8.58. The number of nitrogens with two attached hydrogens (primary N) is 1. The van der Waals surface area contributed by atoms with Crippen molar-refractivity contribution in [3.63, 3.8) is 0 Å². The maximum atomic E-state index is 8.58. The standard InChI is InChI=1S/C11H14N2O/c1-8-4-3-5-10(14-2)11(8)9(13)6-7-12/h3-5,9H,6,13H2,1-2H3. The van der Waals surface area contributed by atoms with E-state index in [1.165, 1.54) is 0 Å². The molecule has 0 aromatic heterocycles. The van der Waals surface area contributed by atoms with Crippen molar-refractivity contribution in [1.82, 2.24) is 0 Å². The number of hydrogen-bond donors (Lipinski definition) is 1. The predicted molar refractivity (Wildman–Crippen MR) is 54.9 cm³/mol. The molecule has 0 aliphatic carbocycles. The molecule has 2 N–H and O–H groups in total. The molecule has 1 rings (SSSR count). The van der Waals surface area contributed by atoms with Crippen molar-refractivity contribution in [3.8, 4) is 11.8 Å². The highest BCUT2D eigenvalue weighted by atomic mass is 16.5. The van der Waals surface area contributed by atoms with Gasteiger partial charge in [0.25, 0.3) is 0 Å². The van der Waals surface area contributed by atoms with Crippen LogP contribution in [0.5, 0.6) is 5.75 Å². The summed E-state index contributed by atoms with van der Waals surface area (Å²) >= 11 is 0. The Morgan fingerprint density at radius 1 is 1.57 bits per heavy atom.